The zero-order valence-electron chi connectivity index (χ0n) is 18.8. The third-order valence-electron chi connectivity index (χ3n) is 6.54. The van der Waals surface area contributed by atoms with Crippen LogP contribution in [0, 0.1) is 6.92 Å². The van der Waals surface area contributed by atoms with E-state index < -0.39 is 6.04 Å². The Hall–Kier alpha value is -3.15. The number of imide groups is 1. The van der Waals surface area contributed by atoms with E-state index in [0.29, 0.717) is 17.0 Å². The molecule has 32 heavy (non-hydrogen) atoms. The highest BCUT2D eigenvalue weighted by molar-refractivity contribution is 6.23. The number of hydrogen-bond acceptors (Lipinski definition) is 4. The lowest BCUT2D eigenvalue weighted by molar-refractivity contribution is -0.123. The van der Waals surface area contributed by atoms with Crippen LogP contribution in [-0.4, -0.2) is 41.8 Å². The van der Waals surface area contributed by atoms with Crippen molar-refractivity contribution in [2.45, 2.75) is 64.0 Å². The second-order valence-corrected chi connectivity index (χ2v) is 8.71. The molecule has 1 saturated carbocycles. The molecule has 6 nitrogen and oxygen atoms in total. The molecule has 3 amide bonds. The fraction of sp³-hybridized carbons (Fsp3) is 0.423. The van der Waals surface area contributed by atoms with Gasteiger partial charge < -0.3 is 9.64 Å². The summed E-state index contributed by atoms with van der Waals surface area (Å²) in [6.45, 7) is 1.96. The highest BCUT2D eigenvalue weighted by Crippen LogP contribution is 2.32. The van der Waals surface area contributed by atoms with Crippen molar-refractivity contribution in [1.29, 1.82) is 0 Å². The van der Waals surface area contributed by atoms with Gasteiger partial charge >= 0.3 is 0 Å². The standard InChI is InChI=1S/C26H30N2O4/c1-18-9-13-21(14-10-18)28-24(29)17-23(26(28)31)27(20-7-5-3-4-6-8-20)25(30)19-11-15-22(32-2)16-12-19/h9-16,20,23H,3-8,17H2,1-2H3. The summed E-state index contributed by atoms with van der Waals surface area (Å²) in [5, 5.41) is 0. The normalized spacial score (nSPS) is 19.7. The minimum atomic E-state index is -0.776. The molecule has 1 unspecified atom stereocenters. The van der Waals surface area contributed by atoms with E-state index >= 15 is 0 Å². The summed E-state index contributed by atoms with van der Waals surface area (Å²) in [4.78, 5) is 43.1. The zero-order chi connectivity index (χ0) is 22.7. The fourth-order valence-electron chi connectivity index (χ4n) is 4.78. The second-order valence-electron chi connectivity index (χ2n) is 8.71. The number of methoxy groups -OCH3 is 1. The van der Waals surface area contributed by atoms with Crippen molar-refractivity contribution in [1.82, 2.24) is 4.90 Å². The first-order valence-corrected chi connectivity index (χ1v) is 11.4. The Labute approximate surface area is 189 Å². The Morgan fingerprint density at radius 1 is 0.938 bits per heavy atom. The number of carbonyl (C=O) groups is 3. The molecule has 2 aromatic carbocycles. The van der Waals surface area contributed by atoms with Crippen molar-refractivity contribution in [2.24, 2.45) is 0 Å². The first-order chi connectivity index (χ1) is 15.5. The average molecular weight is 435 g/mol. The largest absolute Gasteiger partial charge is 0.497 e. The van der Waals surface area contributed by atoms with Gasteiger partial charge in [0, 0.05) is 11.6 Å². The SMILES string of the molecule is COc1ccc(C(=O)N(C2CCCCCC2)C2CC(=O)N(c3ccc(C)cc3)C2=O)cc1. The molecular weight excluding hydrogens is 404 g/mol. The van der Waals surface area contributed by atoms with E-state index in [1.807, 2.05) is 19.1 Å². The summed E-state index contributed by atoms with van der Waals surface area (Å²) in [5.41, 5.74) is 2.12. The van der Waals surface area contributed by atoms with Gasteiger partial charge in [0.2, 0.25) is 5.91 Å². The Bertz CT molecular complexity index is 976. The highest BCUT2D eigenvalue weighted by Gasteiger charge is 2.46. The van der Waals surface area contributed by atoms with Crippen LogP contribution in [0.3, 0.4) is 0 Å². The number of anilines is 1. The molecule has 1 saturated heterocycles. The van der Waals surface area contributed by atoms with Crippen LogP contribution in [0.2, 0.25) is 0 Å². The van der Waals surface area contributed by atoms with E-state index in [2.05, 4.69) is 0 Å². The van der Waals surface area contributed by atoms with Gasteiger partial charge in [0.25, 0.3) is 11.8 Å². The second kappa shape index (κ2) is 9.55. The van der Waals surface area contributed by atoms with Crippen LogP contribution in [0.15, 0.2) is 48.5 Å². The lowest BCUT2D eigenvalue weighted by atomic mass is 10.0. The maximum atomic E-state index is 13.7. The minimum absolute atomic E-state index is 0.0190. The van der Waals surface area contributed by atoms with Crippen LogP contribution in [-0.2, 0) is 9.59 Å². The van der Waals surface area contributed by atoms with Crippen LogP contribution in [0.25, 0.3) is 0 Å². The quantitative estimate of drug-likeness (QED) is 0.513. The third kappa shape index (κ3) is 4.40. The van der Waals surface area contributed by atoms with Crippen LogP contribution >= 0.6 is 0 Å². The molecule has 168 valence electrons. The van der Waals surface area contributed by atoms with Gasteiger partial charge in [-0.05, 0) is 56.2 Å². The van der Waals surface area contributed by atoms with Crippen molar-refractivity contribution in [3.8, 4) is 5.75 Å². The highest BCUT2D eigenvalue weighted by atomic mass is 16.5. The minimum Gasteiger partial charge on any atom is -0.497 e. The van der Waals surface area contributed by atoms with Crippen molar-refractivity contribution in [3.63, 3.8) is 0 Å². The molecule has 2 fully saturated rings. The predicted octanol–water partition coefficient (Wildman–Crippen LogP) is 4.50. The molecule has 1 atom stereocenters. The first kappa shape index (κ1) is 22.1. The molecule has 2 aliphatic rings. The zero-order valence-corrected chi connectivity index (χ0v) is 18.8. The summed E-state index contributed by atoms with van der Waals surface area (Å²) in [6.07, 6.45) is 6.03. The molecule has 2 aromatic rings. The van der Waals surface area contributed by atoms with Gasteiger partial charge in [0.05, 0.1) is 19.2 Å². The van der Waals surface area contributed by atoms with Crippen molar-refractivity contribution in [2.75, 3.05) is 12.0 Å². The predicted molar refractivity (Wildman–Crippen MR) is 123 cm³/mol. The molecule has 1 aliphatic carbocycles. The summed E-state index contributed by atoms with van der Waals surface area (Å²) in [5.74, 6) is -0.105. The van der Waals surface area contributed by atoms with Gasteiger partial charge in [-0.3, -0.25) is 14.4 Å². The van der Waals surface area contributed by atoms with Crippen LogP contribution in [0.4, 0.5) is 5.69 Å². The van der Waals surface area contributed by atoms with Gasteiger partial charge in [-0.1, -0.05) is 43.4 Å². The van der Waals surface area contributed by atoms with E-state index in [9.17, 15) is 14.4 Å². The summed E-state index contributed by atoms with van der Waals surface area (Å²) >= 11 is 0. The maximum absolute atomic E-state index is 13.7. The number of nitrogens with zero attached hydrogens (tertiary/aromatic N) is 2. The smallest absolute Gasteiger partial charge is 0.257 e. The Morgan fingerprint density at radius 2 is 1.56 bits per heavy atom. The van der Waals surface area contributed by atoms with Crippen molar-refractivity contribution < 1.29 is 19.1 Å². The lowest BCUT2D eigenvalue weighted by Gasteiger charge is -2.35. The van der Waals surface area contributed by atoms with Crippen molar-refractivity contribution >= 4 is 23.4 Å². The van der Waals surface area contributed by atoms with E-state index in [4.69, 9.17) is 4.74 Å². The molecule has 0 aromatic heterocycles. The molecule has 0 spiro atoms. The summed E-state index contributed by atoms with van der Waals surface area (Å²) < 4.78 is 5.21. The van der Waals surface area contributed by atoms with Gasteiger partial charge in [0.1, 0.15) is 11.8 Å². The van der Waals surface area contributed by atoms with Gasteiger partial charge in [-0.15, -0.1) is 0 Å². The first-order valence-electron chi connectivity index (χ1n) is 11.4. The van der Waals surface area contributed by atoms with Crippen LogP contribution in [0.1, 0.15) is 60.9 Å². The molecule has 1 aliphatic heterocycles. The summed E-state index contributed by atoms with van der Waals surface area (Å²) in [6, 6.07) is 13.5. The number of benzene rings is 2. The van der Waals surface area contributed by atoms with E-state index in [0.717, 1.165) is 44.1 Å². The number of ether oxygens (including phenoxy) is 1. The third-order valence-corrected chi connectivity index (χ3v) is 6.54. The fourth-order valence-corrected chi connectivity index (χ4v) is 4.78. The molecule has 6 heteroatoms. The summed E-state index contributed by atoms with van der Waals surface area (Å²) in [7, 11) is 1.58. The molecule has 4 rings (SSSR count). The van der Waals surface area contributed by atoms with Gasteiger partial charge in [-0.25, -0.2) is 4.90 Å². The van der Waals surface area contributed by atoms with Crippen LogP contribution in [0.5, 0.6) is 5.75 Å². The Kier molecular flexibility index (Phi) is 6.58. The average Bonchev–Trinajstić information content (AvgIpc) is 2.97. The maximum Gasteiger partial charge on any atom is 0.257 e. The Morgan fingerprint density at radius 3 is 2.16 bits per heavy atom. The number of carbonyl (C=O) groups excluding carboxylic acids is 3. The molecule has 0 N–H and O–H groups in total. The Balaban J connectivity index is 1.67. The number of amides is 3. The number of hydrogen-bond donors (Lipinski definition) is 0. The molecule has 0 radical (unpaired) electrons. The topological polar surface area (TPSA) is 66.9 Å². The van der Waals surface area contributed by atoms with Crippen LogP contribution < -0.4 is 9.64 Å². The number of aryl methyl sites for hydroxylation is 1. The number of rotatable bonds is 5. The van der Waals surface area contributed by atoms with E-state index in [1.165, 1.54) is 4.90 Å². The van der Waals surface area contributed by atoms with Gasteiger partial charge in [-0.2, -0.15) is 0 Å². The monoisotopic (exact) mass is 434 g/mol. The van der Waals surface area contributed by atoms with E-state index in [1.54, 1.807) is 48.4 Å². The molecule has 1 heterocycles. The molecular formula is C26H30N2O4. The lowest BCUT2D eigenvalue weighted by Crippen LogP contribution is -2.50. The molecule has 0 bridgehead atoms. The van der Waals surface area contributed by atoms with Gasteiger partial charge in [0.15, 0.2) is 0 Å². The van der Waals surface area contributed by atoms with Crippen molar-refractivity contribution in [3.05, 3.63) is 59.7 Å². The van der Waals surface area contributed by atoms with E-state index in [-0.39, 0.29) is 30.2 Å².